The molecule has 7 nitrogen and oxygen atoms in total. The van der Waals surface area contributed by atoms with Crippen LogP contribution >= 0.6 is 11.6 Å². The van der Waals surface area contributed by atoms with Crippen molar-refractivity contribution < 1.29 is 19.6 Å². The second kappa shape index (κ2) is 6.85. The fraction of sp³-hybridized carbons (Fsp3) is 0.333. The van der Waals surface area contributed by atoms with Gasteiger partial charge in [0.1, 0.15) is 5.56 Å². The zero-order valence-electron chi connectivity index (χ0n) is 10.7. The lowest BCUT2D eigenvalue weighted by Crippen LogP contribution is -2.28. The van der Waals surface area contributed by atoms with Crippen molar-refractivity contribution in [3.05, 3.63) is 38.9 Å². The fourth-order valence-corrected chi connectivity index (χ4v) is 1.79. The summed E-state index contributed by atoms with van der Waals surface area (Å²) in [5.41, 5.74) is -0.440. The minimum absolute atomic E-state index is 0.0741. The van der Waals surface area contributed by atoms with E-state index in [9.17, 15) is 19.7 Å². The lowest BCUT2D eigenvalue weighted by Gasteiger charge is -2.16. The average molecular weight is 301 g/mol. The first-order chi connectivity index (χ1) is 9.32. The highest BCUT2D eigenvalue weighted by Gasteiger charge is 2.23. The van der Waals surface area contributed by atoms with E-state index in [1.54, 1.807) is 0 Å². The molecule has 20 heavy (non-hydrogen) atoms. The summed E-state index contributed by atoms with van der Waals surface area (Å²) in [4.78, 5) is 34.0. The Hall–Kier alpha value is -2.15. The summed E-state index contributed by atoms with van der Waals surface area (Å²) < 4.78 is 0. The average Bonchev–Trinajstić information content (AvgIpc) is 2.36. The molecule has 0 aliphatic heterocycles. The molecule has 0 aliphatic rings. The Morgan fingerprint density at radius 2 is 2.10 bits per heavy atom. The van der Waals surface area contributed by atoms with E-state index in [0.717, 1.165) is 0 Å². The van der Waals surface area contributed by atoms with Gasteiger partial charge in [-0.05, 0) is 18.6 Å². The lowest BCUT2D eigenvalue weighted by molar-refractivity contribution is -0.385. The first kappa shape index (κ1) is 15.9. The number of halogens is 1. The monoisotopic (exact) mass is 300 g/mol. The first-order valence-corrected chi connectivity index (χ1v) is 6.12. The van der Waals surface area contributed by atoms with Crippen LogP contribution in [0.1, 0.15) is 23.2 Å². The third-order valence-electron chi connectivity index (χ3n) is 2.62. The molecule has 0 aromatic heterocycles. The van der Waals surface area contributed by atoms with Gasteiger partial charge in [0.05, 0.1) is 4.92 Å². The van der Waals surface area contributed by atoms with Crippen LogP contribution in [0.4, 0.5) is 5.69 Å². The molecule has 0 atom stereocenters. The van der Waals surface area contributed by atoms with Crippen LogP contribution in [-0.4, -0.2) is 40.4 Å². The van der Waals surface area contributed by atoms with Crippen LogP contribution in [0.5, 0.6) is 0 Å². The summed E-state index contributed by atoms with van der Waals surface area (Å²) in [7, 11) is 1.45. The molecular weight excluding hydrogens is 288 g/mol. The Balaban J connectivity index is 2.88. The predicted molar refractivity (Wildman–Crippen MR) is 71.9 cm³/mol. The highest BCUT2D eigenvalue weighted by atomic mass is 35.5. The molecule has 1 N–H and O–H groups in total. The Kier molecular flexibility index (Phi) is 5.45. The predicted octanol–water partition coefficient (Wildman–Crippen LogP) is 2.18. The molecule has 0 heterocycles. The maximum Gasteiger partial charge on any atom is 0.303 e. The van der Waals surface area contributed by atoms with E-state index in [4.69, 9.17) is 16.7 Å². The van der Waals surface area contributed by atoms with E-state index >= 15 is 0 Å². The van der Waals surface area contributed by atoms with Crippen molar-refractivity contribution in [3.8, 4) is 0 Å². The maximum absolute atomic E-state index is 12.1. The number of amides is 1. The van der Waals surface area contributed by atoms with Crippen LogP contribution in [0.15, 0.2) is 18.2 Å². The number of rotatable bonds is 6. The molecule has 0 fully saturated rings. The molecule has 0 bridgehead atoms. The maximum atomic E-state index is 12.1. The van der Waals surface area contributed by atoms with Crippen molar-refractivity contribution in [3.63, 3.8) is 0 Å². The Bertz CT molecular complexity index is 547. The second-order valence-electron chi connectivity index (χ2n) is 4.14. The minimum Gasteiger partial charge on any atom is -0.481 e. The summed E-state index contributed by atoms with van der Waals surface area (Å²) in [5, 5.41) is 19.6. The second-order valence-corrected chi connectivity index (χ2v) is 4.58. The van der Waals surface area contributed by atoms with E-state index in [1.807, 2.05) is 0 Å². The lowest BCUT2D eigenvalue weighted by atomic mass is 10.1. The van der Waals surface area contributed by atoms with E-state index in [0.29, 0.717) is 0 Å². The van der Waals surface area contributed by atoms with Gasteiger partial charge in [-0.15, -0.1) is 0 Å². The molecule has 1 amide bonds. The molecule has 1 rings (SSSR count). The fourth-order valence-electron chi connectivity index (χ4n) is 1.61. The van der Waals surface area contributed by atoms with Gasteiger partial charge in [-0.3, -0.25) is 19.7 Å². The summed E-state index contributed by atoms with van der Waals surface area (Å²) in [6.45, 7) is 0.189. The van der Waals surface area contributed by atoms with Gasteiger partial charge in [0.25, 0.3) is 11.6 Å². The van der Waals surface area contributed by atoms with Gasteiger partial charge in [-0.25, -0.2) is 0 Å². The smallest absolute Gasteiger partial charge is 0.303 e. The minimum atomic E-state index is -0.959. The molecule has 0 aliphatic carbocycles. The largest absolute Gasteiger partial charge is 0.481 e. The number of carboxylic acids is 1. The van der Waals surface area contributed by atoms with Crippen LogP contribution in [0.2, 0.25) is 5.02 Å². The first-order valence-electron chi connectivity index (χ1n) is 5.74. The normalized spacial score (nSPS) is 10.1. The van der Waals surface area contributed by atoms with E-state index in [-0.39, 0.29) is 35.7 Å². The molecule has 108 valence electrons. The number of hydrogen-bond donors (Lipinski definition) is 1. The third-order valence-corrected chi connectivity index (χ3v) is 2.85. The molecule has 8 heteroatoms. The van der Waals surface area contributed by atoms with Crippen LogP contribution in [0.3, 0.4) is 0 Å². The van der Waals surface area contributed by atoms with Crippen LogP contribution < -0.4 is 0 Å². The number of nitro benzene ring substituents is 1. The molecule has 0 saturated heterocycles. The van der Waals surface area contributed by atoms with Crippen molar-refractivity contribution >= 4 is 29.2 Å². The van der Waals surface area contributed by atoms with Crippen molar-refractivity contribution in [2.45, 2.75) is 12.8 Å². The van der Waals surface area contributed by atoms with E-state index in [2.05, 4.69) is 0 Å². The van der Waals surface area contributed by atoms with Gasteiger partial charge in [-0.1, -0.05) is 11.6 Å². The van der Waals surface area contributed by atoms with Gasteiger partial charge < -0.3 is 10.0 Å². The summed E-state index contributed by atoms with van der Waals surface area (Å²) in [6, 6.07) is 3.73. The Morgan fingerprint density at radius 3 is 2.65 bits per heavy atom. The molecule has 0 unspecified atom stereocenters. The van der Waals surface area contributed by atoms with E-state index in [1.165, 1.54) is 30.1 Å². The number of nitrogens with zero attached hydrogens (tertiary/aromatic N) is 2. The molecule has 0 saturated carbocycles. The number of carbonyl (C=O) groups is 2. The summed E-state index contributed by atoms with van der Waals surface area (Å²) in [5.74, 6) is -1.52. The SMILES string of the molecule is CN(CCCC(=O)O)C(=O)c1cc(Cl)ccc1[N+](=O)[O-]. The number of carbonyl (C=O) groups excluding carboxylic acids is 1. The molecule has 0 radical (unpaired) electrons. The molecular formula is C12H13ClN2O5. The van der Waals surface area contributed by atoms with Gasteiger partial charge >= 0.3 is 5.97 Å². The molecule has 0 spiro atoms. The van der Waals surface area contributed by atoms with Gasteiger partial charge in [0.15, 0.2) is 0 Å². The highest BCUT2D eigenvalue weighted by Crippen LogP contribution is 2.23. The number of benzene rings is 1. The van der Waals surface area contributed by atoms with Crippen LogP contribution in [0, 0.1) is 10.1 Å². The van der Waals surface area contributed by atoms with E-state index < -0.39 is 16.8 Å². The Labute approximate surface area is 119 Å². The standard InChI is InChI=1S/C12H13ClN2O5/c1-14(6-2-3-11(16)17)12(18)9-7-8(13)4-5-10(9)15(19)20/h4-5,7H,2-3,6H2,1H3,(H,16,17). The number of carboxylic acid groups (broad SMARTS) is 1. The zero-order chi connectivity index (χ0) is 15.3. The van der Waals surface area contributed by atoms with Crippen molar-refractivity contribution in [2.75, 3.05) is 13.6 Å². The van der Waals surface area contributed by atoms with Gasteiger partial charge in [-0.2, -0.15) is 0 Å². The topological polar surface area (TPSA) is 101 Å². The van der Waals surface area contributed by atoms with Gasteiger partial charge in [0.2, 0.25) is 0 Å². The summed E-state index contributed by atoms with van der Waals surface area (Å²) >= 11 is 5.75. The molecule has 1 aromatic rings. The third kappa shape index (κ3) is 4.20. The van der Waals surface area contributed by atoms with Crippen LogP contribution in [0.25, 0.3) is 0 Å². The summed E-state index contributed by atoms with van der Waals surface area (Å²) in [6.07, 6.45) is 0.196. The number of hydrogen-bond acceptors (Lipinski definition) is 4. The Morgan fingerprint density at radius 1 is 1.45 bits per heavy atom. The van der Waals surface area contributed by atoms with Crippen LogP contribution in [-0.2, 0) is 4.79 Å². The van der Waals surface area contributed by atoms with Crippen molar-refractivity contribution in [1.82, 2.24) is 4.90 Å². The molecule has 1 aromatic carbocycles. The zero-order valence-corrected chi connectivity index (χ0v) is 11.5. The number of aliphatic carboxylic acids is 1. The van der Waals surface area contributed by atoms with Crippen molar-refractivity contribution in [1.29, 1.82) is 0 Å². The highest BCUT2D eigenvalue weighted by molar-refractivity contribution is 6.31. The van der Waals surface area contributed by atoms with Gasteiger partial charge in [0, 0.05) is 31.1 Å². The quantitative estimate of drug-likeness (QED) is 0.641. The number of nitro groups is 1. The van der Waals surface area contributed by atoms with Crippen molar-refractivity contribution in [2.24, 2.45) is 0 Å².